The molecule has 82 valence electrons. The SMILES string of the molecule is Cc1cnc(-c2ccc(C)c([N+](=O)[O-])c2)o1. The number of hydrogen-bond acceptors (Lipinski definition) is 4. The lowest BCUT2D eigenvalue weighted by Crippen LogP contribution is -1.92. The Labute approximate surface area is 91.9 Å². The number of oxazole rings is 1. The van der Waals surface area contributed by atoms with Crippen LogP contribution in [0.4, 0.5) is 5.69 Å². The van der Waals surface area contributed by atoms with Crippen molar-refractivity contribution in [3.63, 3.8) is 0 Å². The molecule has 0 spiro atoms. The lowest BCUT2D eigenvalue weighted by Gasteiger charge is -1.99. The fraction of sp³-hybridized carbons (Fsp3) is 0.182. The molecular weight excluding hydrogens is 208 g/mol. The summed E-state index contributed by atoms with van der Waals surface area (Å²) in [4.78, 5) is 14.4. The van der Waals surface area contributed by atoms with Crippen molar-refractivity contribution in [2.75, 3.05) is 0 Å². The summed E-state index contributed by atoms with van der Waals surface area (Å²) in [6, 6.07) is 4.92. The highest BCUT2D eigenvalue weighted by molar-refractivity contribution is 5.60. The monoisotopic (exact) mass is 218 g/mol. The molecule has 1 aromatic heterocycles. The van der Waals surface area contributed by atoms with Crippen LogP contribution < -0.4 is 0 Å². The van der Waals surface area contributed by atoms with Crippen LogP contribution in [0.2, 0.25) is 0 Å². The molecule has 5 nitrogen and oxygen atoms in total. The molecule has 2 rings (SSSR count). The molecule has 0 fully saturated rings. The zero-order chi connectivity index (χ0) is 11.7. The Morgan fingerprint density at radius 3 is 2.69 bits per heavy atom. The van der Waals surface area contributed by atoms with Crippen molar-refractivity contribution in [1.82, 2.24) is 4.98 Å². The average molecular weight is 218 g/mol. The fourth-order valence-electron chi connectivity index (χ4n) is 1.43. The van der Waals surface area contributed by atoms with Gasteiger partial charge in [-0.1, -0.05) is 6.07 Å². The first-order valence-corrected chi connectivity index (χ1v) is 4.76. The highest BCUT2D eigenvalue weighted by Crippen LogP contribution is 2.26. The minimum atomic E-state index is -0.408. The molecule has 0 aliphatic rings. The number of aryl methyl sites for hydroxylation is 2. The molecule has 0 saturated carbocycles. The smallest absolute Gasteiger partial charge is 0.273 e. The molecule has 0 saturated heterocycles. The summed E-state index contributed by atoms with van der Waals surface area (Å²) in [6.07, 6.45) is 1.58. The first kappa shape index (κ1) is 10.4. The third kappa shape index (κ3) is 1.79. The number of aromatic nitrogens is 1. The third-order valence-corrected chi connectivity index (χ3v) is 2.27. The Balaban J connectivity index is 2.51. The van der Waals surface area contributed by atoms with Gasteiger partial charge >= 0.3 is 0 Å². The quantitative estimate of drug-likeness (QED) is 0.574. The maximum atomic E-state index is 10.8. The predicted molar refractivity (Wildman–Crippen MR) is 58.1 cm³/mol. The van der Waals surface area contributed by atoms with Gasteiger partial charge in [0.25, 0.3) is 5.69 Å². The van der Waals surface area contributed by atoms with Crippen molar-refractivity contribution in [3.8, 4) is 11.5 Å². The van der Waals surface area contributed by atoms with Gasteiger partial charge in [-0.2, -0.15) is 0 Å². The van der Waals surface area contributed by atoms with Crippen molar-refractivity contribution in [3.05, 3.63) is 45.8 Å². The van der Waals surface area contributed by atoms with Crippen LogP contribution in [0.15, 0.2) is 28.8 Å². The topological polar surface area (TPSA) is 69.2 Å². The lowest BCUT2D eigenvalue weighted by atomic mass is 10.1. The van der Waals surface area contributed by atoms with E-state index in [1.165, 1.54) is 6.07 Å². The Hall–Kier alpha value is -2.17. The van der Waals surface area contributed by atoms with Gasteiger partial charge in [0, 0.05) is 17.2 Å². The van der Waals surface area contributed by atoms with E-state index in [0.717, 1.165) is 0 Å². The first-order chi connectivity index (χ1) is 7.58. The van der Waals surface area contributed by atoms with E-state index >= 15 is 0 Å². The van der Waals surface area contributed by atoms with E-state index in [1.54, 1.807) is 32.2 Å². The van der Waals surface area contributed by atoms with Gasteiger partial charge in [0.1, 0.15) is 5.76 Å². The van der Waals surface area contributed by atoms with E-state index in [2.05, 4.69) is 4.98 Å². The van der Waals surface area contributed by atoms with Crippen LogP contribution >= 0.6 is 0 Å². The Kier molecular flexibility index (Phi) is 2.44. The Bertz CT molecular complexity index is 546. The summed E-state index contributed by atoms with van der Waals surface area (Å²) in [5.41, 5.74) is 1.32. The van der Waals surface area contributed by atoms with Crippen LogP contribution in [0.3, 0.4) is 0 Å². The Morgan fingerprint density at radius 1 is 1.38 bits per heavy atom. The summed E-state index contributed by atoms with van der Waals surface area (Å²) in [7, 11) is 0. The maximum Gasteiger partial charge on any atom is 0.273 e. The summed E-state index contributed by atoms with van der Waals surface area (Å²) in [5.74, 6) is 1.08. The molecule has 0 unspecified atom stereocenters. The fourth-order valence-corrected chi connectivity index (χ4v) is 1.43. The average Bonchev–Trinajstić information content (AvgIpc) is 2.65. The van der Waals surface area contributed by atoms with Crippen LogP contribution in [0.1, 0.15) is 11.3 Å². The second kappa shape index (κ2) is 3.77. The predicted octanol–water partition coefficient (Wildman–Crippen LogP) is 2.87. The number of nitro benzene ring substituents is 1. The minimum Gasteiger partial charge on any atom is -0.441 e. The van der Waals surface area contributed by atoms with E-state index < -0.39 is 4.92 Å². The van der Waals surface area contributed by atoms with Crippen molar-refractivity contribution in [1.29, 1.82) is 0 Å². The van der Waals surface area contributed by atoms with Crippen LogP contribution in [-0.2, 0) is 0 Å². The second-order valence-electron chi connectivity index (χ2n) is 3.53. The van der Waals surface area contributed by atoms with Gasteiger partial charge < -0.3 is 4.42 Å². The normalized spacial score (nSPS) is 10.4. The van der Waals surface area contributed by atoms with Crippen molar-refractivity contribution < 1.29 is 9.34 Å². The molecular formula is C11H10N2O3. The molecule has 0 N–H and O–H groups in total. The molecule has 0 aliphatic heterocycles. The van der Waals surface area contributed by atoms with E-state index in [0.29, 0.717) is 22.8 Å². The van der Waals surface area contributed by atoms with Gasteiger partial charge in [-0.05, 0) is 19.9 Å². The molecule has 16 heavy (non-hydrogen) atoms. The Morgan fingerprint density at radius 2 is 2.12 bits per heavy atom. The first-order valence-electron chi connectivity index (χ1n) is 4.76. The van der Waals surface area contributed by atoms with E-state index in [4.69, 9.17) is 4.42 Å². The van der Waals surface area contributed by atoms with Crippen molar-refractivity contribution in [2.24, 2.45) is 0 Å². The number of benzene rings is 1. The molecule has 0 aliphatic carbocycles. The van der Waals surface area contributed by atoms with Crippen LogP contribution in [0.25, 0.3) is 11.5 Å². The van der Waals surface area contributed by atoms with Crippen molar-refractivity contribution >= 4 is 5.69 Å². The number of nitro groups is 1. The third-order valence-electron chi connectivity index (χ3n) is 2.27. The standard InChI is InChI=1S/C11H10N2O3/c1-7-3-4-9(5-10(7)13(14)15)11-12-6-8(2)16-11/h3-6H,1-2H3. The molecule has 2 aromatic rings. The van der Waals surface area contributed by atoms with Crippen molar-refractivity contribution in [2.45, 2.75) is 13.8 Å². The van der Waals surface area contributed by atoms with Gasteiger partial charge in [-0.25, -0.2) is 4.98 Å². The van der Waals surface area contributed by atoms with Gasteiger partial charge in [-0.3, -0.25) is 10.1 Å². The summed E-state index contributed by atoms with van der Waals surface area (Å²) >= 11 is 0. The summed E-state index contributed by atoms with van der Waals surface area (Å²) < 4.78 is 5.31. The highest BCUT2D eigenvalue weighted by Gasteiger charge is 2.13. The molecule has 0 bridgehead atoms. The van der Waals surface area contributed by atoms with E-state index in [-0.39, 0.29) is 5.69 Å². The number of hydrogen-bond donors (Lipinski definition) is 0. The number of rotatable bonds is 2. The molecule has 0 radical (unpaired) electrons. The molecule has 1 heterocycles. The lowest BCUT2D eigenvalue weighted by molar-refractivity contribution is -0.385. The van der Waals surface area contributed by atoms with Gasteiger partial charge in [-0.15, -0.1) is 0 Å². The maximum absolute atomic E-state index is 10.8. The summed E-state index contributed by atoms with van der Waals surface area (Å²) in [6.45, 7) is 3.47. The molecule has 0 atom stereocenters. The van der Waals surface area contributed by atoms with Crippen LogP contribution in [-0.4, -0.2) is 9.91 Å². The van der Waals surface area contributed by atoms with Gasteiger partial charge in [0.2, 0.25) is 5.89 Å². The van der Waals surface area contributed by atoms with E-state index in [1.807, 2.05) is 0 Å². The minimum absolute atomic E-state index is 0.0772. The summed E-state index contributed by atoms with van der Waals surface area (Å²) in [5, 5.41) is 10.8. The number of nitrogens with zero attached hydrogens (tertiary/aromatic N) is 2. The zero-order valence-corrected chi connectivity index (χ0v) is 8.93. The van der Waals surface area contributed by atoms with Crippen LogP contribution in [0, 0.1) is 24.0 Å². The van der Waals surface area contributed by atoms with E-state index in [9.17, 15) is 10.1 Å². The molecule has 5 heteroatoms. The van der Waals surface area contributed by atoms with Crippen LogP contribution in [0.5, 0.6) is 0 Å². The zero-order valence-electron chi connectivity index (χ0n) is 8.93. The van der Waals surface area contributed by atoms with Gasteiger partial charge in [0.15, 0.2) is 0 Å². The highest BCUT2D eigenvalue weighted by atomic mass is 16.6. The largest absolute Gasteiger partial charge is 0.441 e. The van der Waals surface area contributed by atoms with Gasteiger partial charge in [0.05, 0.1) is 11.1 Å². The molecule has 0 amide bonds. The second-order valence-corrected chi connectivity index (χ2v) is 3.53. The molecule has 1 aromatic carbocycles.